The molecular formula is C16H25NO5S. The second-order valence-corrected chi connectivity index (χ2v) is 7.73. The summed E-state index contributed by atoms with van der Waals surface area (Å²) < 4.78 is 43.3. The Labute approximate surface area is 138 Å². The lowest BCUT2D eigenvalue weighted by Crippen LogP contribution is -2.50. The number of nitrogens with zero attached hydrogens (tertiary/aromatic N) is 1. The molecule has 2 rings (SSSR count). The first kappa shape index (κ1) is 18.2. The van der Waals surface area contributed by atoms with Crippen LogP contribution in [0.3, 0.4) is 0 Å². The zero-order chi connectivity index (χ0) is 17.0. The van der Waals surface area contributed by atoms with Crippen molar-refractivity contribution in [3.8, 4) is 5.75 Å². The molecule has 1 aromatic carbocycles. The van der Waals surface area contributed by atoms with Crippen LogP contribution < -0.4 is 4.74 Å². The molecule has 0 amide bonds. The number of sulfonamides is 1. The van der Waals surface area contributed by atoms with Crippen molar-refractivity contribution in [2.24, 2.45) is 0 Å². The molecule has 1 saturated heterocycles. The van der Waals surface area contributed by atoms with Crippen molar-refractivity contribution in [2.45, 2.75) is 37.8 Å². The topological polar surface area (TPSA) is 65.1 Å². The van der Waals surface area contributed by atoms with E-state index in [1.807, 2.05) is 20.8 Å². The van der Waals surface area contributed by atoms with E-state index < -0.39 is 10.0 Å². The van der Waals surface area contributed by atoms with Gasteiger partial charge in [0.1, 0.15) is 12.4 Å². The maximum Gasteiger partial charge on any atom is 0.243 e. The lowest BCUT2D eigenvalue weighted by Gasteiger charge is -2.35. The summed E-state index contributed by atoms with van der Waals surface area (Å²) in [5.41, 5.74) is 0.788. The second kappa shape index (κ2) is 7.61. The normalized spacial score (nSPS) is 23.0. The van der Waals surface area contributed by atoms with Gasteiger partial charge in [-0.1, -0.05) is 0 Å². The minimum Gasteiger partial charge on any atom is -0.491 e. The molecular weight excluding hydrogens is 318 g/mol. The minimum absolute atomic E-state index is 0.0984. The molecule has 1 fully saturated rings. The Hall–Kier alpha value is -1.15. The molecule has 0 saturated carbocycles. The summed E-state index contributed by atoms with van der Waals surface area (Å²) in [5, 5.41) is 0. The number of hydrogen-bond donors (Lipinski definition) is 0. The quantitative estimate of drug-likeness (QED) is 0.737. The van der Waals surface area contributed by atoms with Gasteiger partial charge in [0.2, 0.25) is 10.0 Å². The Morgan fingerprint density at radius 3 is 2.70 bits per heavy atom. The summed E-state index contributed by atoms with van der Waals surface area (Å²) in [6, 6.07) is 4.78. The first-order valence-electron chi connectivity index (χ1n) is 7.72. The first-order chi connectivity index (χ1) is 10.9. The zero-order valence-electron chi connectivity index (χ0n) is 14.1. The molecule has 1 aliphatic heterocycles. The molecule has 0 aliphatic carbocycles. The van der Waals surface area contributed by atoms with Crippen molar-refractivity contribution >= 4 is 10.0 Å². The summed E-state index contributed by atoms with van der Waals surface area (Å²) in [5.74, 6) is 0.671. The van der Waals surface area contributed by atoms with E-state index in [1.165, 1.54) is 4.31 Å². The average Bonchev–Trinajstić information content (AvgIpc) is 2.51. The molecule has 7 heteroatoms. The Morgan fingerprint density at radius 1 is 1.30 bits per heavy atom. The van der Waals surface area contributed by atoms with Gasteiger partial charge in [-0.2, -0.15) is 4.31 Å². The van der Waals surface area contributed by atoms with E-state index in [2.05, 4.69) is 0 Å². The predicted octanol–water partition coefficient (Wildman–Crippen LogP) is 1.82. The first-order valence-corrected chi connectivity index (χ1v) is 9.16. The van der Waals surface area contributed by atoms with Crippen LogP contribution in [0.15, 0.2) is 23.1 Å². The maximum absolute atomic E-state index is 12.9. The Morgan fingerprint density at radius 2 is 2.04 bits per heavy atom. The van der Waals surface area contributed by atoms with Gasteiger partial charge < -0.3 is 14.2 Å². The van der Waals surface area contributed by atoms with Crippen molar-refractivity contribution in [3.05, 3.63) is 23.8 Å². The molecule has 0 spiro atoms. The lowest BCUT2D eigenvalue weighted by atomic mass is 10.2. The summed E-state index contributed by atoms with van der Waals surface area (Å²) in [7, 11) is -1.93. The van der Waals surface area contributed by atoms with Crippen LogP contribution in [0.5, 0.6) is 5.75 Å². The van der Waals surface area contributed by atoms with E-state index in [-0.39, 0.29) is 17.0 Å². The molecule has 0 aromatic heterocycles. The van der Waals surface area contributed by atoms with E-state index in [1.54, 1.807) is 25.3 Å². The third-order valence-corrected chi connectivity index (χ3v) is 5.82. The highest BCUT2D eigenvalue weighted by molar-refractivity contribution is 7.89. The number of methoxy groups -OCH3 is 1. The molecule has 1 aromatic rings. The zero-order valence-corrected chi connectivity index (χ0v) is 14.9. The standard InChI is InChI=1S/C16H25NO5S/c1-12-9-15(5-6-16(12)21-8-7-20-4)23(18,19)17-10-14(3)22-11-13(17)2/h5-6,9,13-14H,7-8,10-11H2,1-4H3/t13-,14+/m1/s1. The van der Waals surface area contributed by atoms with Gasteiger partial charge in [-0.15, -0.1) is 0 Å². The van der Waals surface area contributed by atoms with Gasteiger partial charge in [-0.05, 0) is 44.5 Å². The Bertz CT molecular complexity index is 631. The van der Waals surface area contributed by atoms with Crippen molar-refractivity contribution in [1.29, 1.82) is 0 Å². The van der Waals surface area contributed by atoms with Crippen LogP contribution in [-0.2, 0) is 19.5 Å². The van der Waals surface area contributed by atoms with E-state index >= 15 is 0 Å². The van der Waals surface area contributed by atoms with Gasteiger partial charge >= 0.3 is 0 Å². The van der Waals surface area contributed by atoms with Crippen molar-refractivity contribution in [2.75, 3.05) is 33.5 Å². The Balaban J connectivity index is 2.21. The molecule has 2 atom stereocenters. The van der Waals surface area contributed by atoms with Crippen LogP contribution in [0.2, 0.25) is 0 Å². The molecule has 1 aliphatic rings. The average molecular weight is 343 g/mol. The van der Waals surface area contributed by atoms with Crippen LogP contribution >= 0.6 is 0 Å². The summed E-state index contributed by atoms with van der Waals surface area (Å²) in [4.78, 5) is 0.287. The van der Waals surface area contributed by atoms with E-state index in [9.17, 15) is 8.42 Å². The van der Waals surface area contributed by atoms with Crippen molar-refractivity contribution < 1.29 is 22.6 Å². The number of rotatable bonds is 6. The van der Waals surface area contributed by atoms with Crippen LogP contribution in [0.1, 0.15) is 19.4 Å². The number of ether oxygens (including phenoxy) is 3. The maximum atomic E-state index is 12.9. The summed E-state index contributed by atoms with van der Waals surface area (Å²) >= 11 is 0. The van der Waals surface area contributed by atoms with Gasteiger partial charge in [0.25, 0.3) is 0 Å². The third-order valence-electron chi connectivity index (χ3n) is 3.85. The Kier molecular flexibility index (Phi) is 6.02. The highest BCUT2D eigenvalue weighted by Gasteiger charge is 2.34. The fourth-order valence-electron chi connectivity index (χ4n) is 2.52. The fraction of sp³-hybridized carbons (Fsp3) is 0.625. The lowest BCUT2D eigenvalue weighted by molar-refractivity contribution is -0.0170. The smallest absolute Gasteiger partial charge is 0.243 e. The van der Waals surface area contributed by atoms with Gasteiger partial charge in [-0.3, -0.25) is 0 Å². The van der Waals surface area contributed by atoms with Crippen LogP contribution in [-0.4, -0.2) is 58.3 Å². The molecule has 1 heterocycles. The number of hydrogen-bond acceptors (Lipinski definition) is 5. The van der Waals surface area contributed by atoms with Crippen molar-refractivity contribution in [3.63, 3.8) is 0 Å². The van der Waals surface area contributed by atoms with E-state index in [0.29, 0.717) is 32.1 Å². The van der Waals surface area contributed by atoms with Crippen LogP contribution in [0.4, 0.5) is 0 Å². The molecule has 0 unspecified atom stereocenters. The van der Waals surface area contributed by atoms with Gasteiger partial charge in [0, 0.05) is 19.7 Å². The van der Waals surface area contributed by atoms with E-state index in [0.717, 1.165) is 5.56 Å². The molecule has 0 radical (unpaired) electrons. The molecule has 0 N–H and O–H groups in total. The minimum atomic E-state index is -3.54. The van der Waals surface area contributed by atoms with Gasteiger partial charge in [0.15, 0.2) is 0 Å². The number of benzene rings is 1. The summed E-state index contributed by atoms with van der Waals surface area (Å²) in [6.45, 7) is 7.29. The number of morpholine rings is 1. The van der Waals surface area contributed by atoms with Crippen molar-refractivity contribution in [1.82, 2.24) is 4.31 Å². The summed E-state index contributed by atoms with van der Waals surface area (Å²) in [6.07, 6.45) is -0.0984. The third kappa shape index (κ3) is 4.23. The molecule has 23 heavy (non-hydrogen) atoms. The van der Waals surface area contributed by atoms with Gasteiger partial charge in [-0.25, -0.2) is 8.42 Å². The molecule has 130 valence electrons. The monoisotopic (exact) mass is 343 g/mol. The highest BCUT2D eigenvalue weighted by Crippen LogP contribution is 2.26. The van der Waals surface area contributed by atoms with Crippen LogP contribution in [0, 0.1) is 6.92 Å². The van der Waals surface area contributed by atoms with Gasteiger partial charge in [0.05, 0.1) is 24.2 Å². The largest absolute Gasteiger partial charge is 0.491 e. The molecule has 0 bridgehead atoms. The highest BCUT2D eigenvalue weighted by atomic mass is 32.2. The van der Waals surface area contributed by atoms with E-state index in [4.69, 9.17) is 14.2 Å². The fourth-order valence-corrected chi connectivity index (χ4v) is 4.30. The SMILES string of the molecule is COCCOc1ccc(S(=O)(=O)N2C[C@H](C)OC[C@H]2C)cc1C. The molecule has 6 nitrogen and oxygen atoms in total. The van der Waals surface area contributed by atoms with Crippen LogP contribution in [0.25, 0.3) is 0 Å². The second-order valence-electron chi connectivity index (χ2n) is 5.84. The number of aryl methyl sites for hydroxylation is 1. The predicted molar refractivity (Wildman–Crippen MR) is 87.3 cm³/mol.